The Labute approximate surface area is 217 Å². The van der Waals surface area contributed by atoms with Crippen LogP contribution in [0.4, 0.5) is 5.13 Å². The minimum atomic E-state index is -0.246. The average molecular weight is 501 g/mol. The van der Waals surface area contributed by atoms with Gasteiger partial charge in [0.1, 0.15) is 11.5 Å². The zero-order valence-corrected chi connectivity index (χ0v) is 21.8. The summed E-state index contributed by atoms with van der Waals surface area (Å²) in [6, 6.07) is 26.2. The van der Waals surface area contributed by atoms with Gasteiger partial charge in [-0.05, 0) is 53.9 Å². The molecule has 0 saturated heterocycles. The summed E-state index contributed by atoms with van der Waals surface area (Å²) in [6.07, 6.45) is 2.15. The molecule has 6 heteroatoms. The molecule has 1 heterocycles. The molecule has 186 valence electrons. The van der Waals surface area contributed by atoms with Gasteiger partial charge < -0.3 is 9.47 Å². The van der Waals surface area contributed by atoms with Crippen molar-refractivity contribution in [3.63, 3.8) is 0 Å². The molecule has 0 atom stereocenters. The Kier molecular flexibility index (Phi) is 8.39. The van der Waals surface area contributed by atoms with Crippen LogP contribution in [0.5, 0.6) is 11.5 Å². The van der Waals surface area contributed by atoms with E-state index in [1.54, 1.807) is 0 Å². The molecule has 0 saturated carbocycles. The first-order chi connectivity index (χ1) is 17.5. The molecule has 0 unspecified atom stereocenters. The van der Waals surface area contributed by atoms with Gasteiger partial charge in [-0.2, -0.15) is 0 Å². The van der Waals surface area contributed by atoms with Crippen LogP contribution in [0.1, 0.15) is 44.7 Å². The third kappa shape index (κ3) is 6.52. The van der Waals surface area contributed by atoms with Crippen LogP contribution in [0.25, 0.3) is 11.3 Å². The number of thiazole rings is 1. The van der Waals surface area contributed by atoms with Crippen molar-refractivity contribution in [3.05, 3.63) is 95.4 Å². The van der Waals surface area contributed by atoms with Gasteiger partial charge in [-0.15, -0.1) is 11.3 Å². The van der Waals surface area contributed by atoms with Crippen LogP contribution >= 0.6 is 11.3 Å². The van der Waals surface area contributed by atoms with Crippen molar-refractivity contribution in [2.24, 2.45) is 0 Å². The summed E-state index contributed by atoms with van der Waals surface area (Å²) < 4.78 is 11.4. The first kappa shape index (κ1) is 25.5. The average Bonchev–Trinajstić information content (AvgIpc) is 3.37. The van der Waals surface area contributed by atoms with E-state index in [-0.39, 0.29) is 17.9 Å². The molecule has 3 aromatic carbocycles. The van der Waals surface area contributed by atoms with Gasteiger partial charge >= 0.3 is 0 Å². The molecule has 0 aliphatic carbocycles. The van der Waals surface area contributed by atoms with E-state index in [1.807, 2.05) is 60.0 Å². The molecule has 0 bridgehead atoms. The number of hydrogen-bond acceptors (Lipinski definition) is 5. The minimum Gasteiger partial charge on any atom is -0.494 e. The van der Waals surface area contributed by atoms with Crippen molar-refractivity contribution in [2.45, 2.75) is 39.0 Å². The molecule has 0 aliphatic heterocycles. The van der Waals surface area contributed by atoms with Crippen LogP contribution in [-0.4, -0.2) is 24.1 Å². The van der Waals surface area contributed by atoms with E-state index in [1.165, 1.54) is 22.5 Å². The Bertz CT molecular complexity index is 1250. The Morgan fingerprint density at radius 2 is 1.53 bits per heavy atom. The quantitative estimate of drug-likeness (QED) is 0.219. The number of unbranched alkanes of at least 4 members (excludes halogenated alkanes) is 1. The predicted molar refractivity (Wildman–Crippen MR) is 147 cm³/mol. The summed E-state index contributed by atoms with van der Waals surface area (Å²) in [7, 11) is 0. The number of aromatic nitrogens is 1. The molecular formula is C30H32N2O3S. The molecule has 5 nitrogen and oxygen atoms in total. The predicted octanol–water partition coefficient (Wildman–Crippen LogP) is 7.33. The van der Waals surface area contributed by atoms with E-state index in [2.05, 4.69) is 55.3 Å². The van der Waals surface area contributed by atoms with Crippen molar-refractivity contribution in [2.75, 3.05) is 18.5 Å². The van der Waals surface area contributed by atoms with Crippen molar-refractivity contribution < 1.29 is 14.3 Å². The van der Waals surface area contributed by atoms with Crippen molar-refractivity contribution in [3.8, 4) is 22.8 Å². The van der Waals surface area contributed by atoms with Crippen LogP contribution < -0.4 is 14.8 Å². The van der Waals surface area contributed by atoms with Crippen LogP contribution in [0.3, 0.4) is 0 Å². The zero-order chi connectivity index (χ0) is 25.4. The van der Waals surface area contributed by atoms with Gasteiger partial charge in [-0.1, -0.05) is 69.7 Å². The fourth-order valence-electron chi connectivity index (χ4n) is 3.81. The van der Waals surface area contributed by atoms with Crippen LogP contribution in [0.15, 0.2) is 84.2 Å². The van der Waals surface area contributed by atoms with E-state index in [0.717, 1.165) is 36.5 Å². The van der Waals surface area contributed by atoms with Crippen LogP contribution in [-0.2, 0) is 10.2 Å². The highest BCUT2D eigenvalue weighted by Gasteiger charge is 2.22. The first-order valence-corrected chi connectivity index (χ1v) is 13.1. The highest BCUT2D eigenvalue weighted by Crippen LogP contribution is 2.32. The maximum Gasteiger partial charge on any atom is 0.264 e. The van der Waals surface area contributed by atoms with E-state index in [4.69, 9.17) is 9.47 Å². The van der Waals surface area contributed by atoms with Gasteiger partial charge in [0.15, 0.2) is 11.7 Å². The zero-order valence-electron chi connectivity index (χ0n) is 21.0. The number of nitrogens with zero attached hydrogens (tertiary/aromatic N) is 1. The Morgan fingerprint density at radius 1 is 0.889 bits per heavy atom. The lowest BCUT2D eigenvalue weighted by Gasteiger charge is -2.26. The SMILES string of the molecule is CCCCOc1ccc(-c2csc(NC(=O)COc3ccc(C(C)(C)c4ccccc4)cc3)n2)cc1. The number of carbonyl (C=O) groups is 1. The molecule has 1 amide bonds. The Hall–Kier alpha value is -3.64. The summed E-state index contributed by atoms with van der Waals surface area (Å²) in [5, 5.41) is 5.29. The fraction of sp³-hybridized carbons (Fsp3) is 0.267. The number of benzene rings is 3. The number of hydrogen-bond donors (Lipinski definition) is 1. The Morgan fingerprint density at radius 3 is 2.22 bits per heavy atom. The second kappa shape index (κ2) is 11.9. The number of amides is 1. The maximum absolute atomic E-state index is 12.4. The van der Waals surface area contributed by atoms with E-state index < -0.39 is 0 Å². The largest absolute Gasteiger partial charge is 0.494 e. The van der Waals surface area contributed by atoms with Crippen molar-refractivity contribution in [1.82, 2.24) is 4.98 Å². The summed E-state index contributed by atoms with van der Waals surface area (Å²) in [4.78, 5) is 17.0. The van der Waals surface area contributed by atoms with Gasteiger partial charge in [0.2, 0.25) is 0 Å². The van der Waals surface area contributed by atoms with Gasteiger partial charge in [0.05, 0.1) is 12.3 Å². The van der Waals surface area contributed by atoms with E-state index >= 15 is 0 Å². The highest BCUT2D eigenvalue weighted by molar-refractivity contribution is 7.14. The molecular weight excluding hydrogens is 468 g/mol. The lowest BCUT2D eigenvalue weighted by molar-refractivity contribution is -0.118. The van der Waals surface area contributed by atoms with Gasteiger partial charge in [-0.3, -0.25) is 10.1 Å². The van der Waals surface area contributed by atoms with Gasteiger partial charge in [0, 0.05) is 16.4 Å². The Balaban J connectivity index is 1.28. The first-order valence-electron chi connectivity index (χ1n) is 12.2. The van der Waals surface area contributed by atoms with E-state index in [9.17, 15) is 4.79 Å². The fourth-order valence-corrected chi connectivity index (χ4v) is 4.55. The summed E-state index contributed by atoms with van der Waals surface area (Å²) in [6.45, 7) is 7.18. The summed E-state index contributed by atoms with van der Waals surface area (Å²) in [5.74, 6) is 1.26. The third-order valence-corrected chi connectivity index (χ3v) is 6.87. The van der Waals surface area contributed by atoms with Crippen LogP contribution in [0.2, 0.25) is 0 Å². The number of rotatable bonds is 11. The normalized spacial score (nSPS) is 11.2. The lowest BCUT2D eigenvalue weighted by Crippen LogP contribution is -2.20. The van der Waals surface area contributed by atoms with Crippen molar-refractivity contribution in [1.29, 1.82) is 0 Å². The van der Waals surface area contributed by atoms with E-state index in [0.29, 0.717) is 10.9 Å². The molecule has 4 rings (SSSR count). The molecule has 4 aromatic rings. The topological polar surface area (TPSA) is 60.5 Å². The lowest BCUT2D eigenvalue weighted by atomic mass is 9.78. The van der Waals surface area contributed by atoms with Crippen molar-refractivity contribution >= 4 is 22.4 Å². The molecule has 0 radical (unpaired) electrons. The van der Waals surface area contributed by atoms with Gasteiger partial charge in [0.25, 0.3) is 5.91 Å². The molecule has 1 aromatic heterocycles. The third-order valence-electron chi connectivity index (χ3n) is 6.11. The molecule has 36 heavy (non-hydrogen) atoms. The number of carbonyl (C=O) groups excluding carboxylic acids is 1. The standard InChI is InChI=1S/C30H32N2O3S/c1-4-5-19-34-25-15-11-22(12-16-25)27-21-36-29(31-27)32-28(33)20-35-26-17-13-24(14-18-26)30(2,3)23-9-7-6-8-10-23/h6-18,21H,4-5,19-20H2,1-3H3,(H,31,32,33). The number of anilines is 1. The molecule has 0 spiro atoms. The highest BCUT2D eigenvalue weighted by atomic mass is 32.1. The maximum atomic E-state index is 12.4. The number of ether oxygens (including phenoxy) is 2. The molecule has 0 aliphatic rings. The summed E-state index contributed by atoms with van der Waals surface area (Å²) >= 11 is 1.39. The second-order valence-electron chi connectivity index (χ2n) is 9.12. The van der Waals surface area contributed by atoms with Gasteiger partial charge in [-0.25, -0.2) is 4.98 Å². The smallest absolute Gasteiger partial charge is 0.264 e. The summed E-state index contributed by atoms with van der Waals surface area (Å²) in [5.41, 5.74) is 4.10. The second-order valence-corrected chi connectivity index (χ2v) is 9.97. The number of nitrogens with one attached hydrogen (secondary N) is 1. The van der Waals surface area contributed by atoms with Crippen LogP contribution in [0, 0.1) is 0 Å². The molecule has 0 fully saturated rings. The monoisotopic (exact) mass is 500 g/mol. The molecule has 1 N–H and O–H groups in total. The minimum absolute atomic E-state index is 0.0832.